The second kappa shape index (κ2) is 8.38. The molecule has 0 bridgehead atoms. The summed E-state index contributed by atoms with van der Waals surface area (Å²) in [4.78, 5) is 34.9. The van der Waals surface area contributed by atoms with Gasteiger partial charge < -0.3 is 20.5 Å². The van der Waals surface area contributed by atoms with E-state index >= 15 is 0 Å². The Morgan fingerprint density at radius 3 is 2.57 bits per heavy atom. The van der Waals surface area contributed by atoms with Crippen molar-refractivity contribution in [3.8, 4) is 0 Å². The van der Waals surface area contributed by atoms with Crippen LogP contribution in [0, 0.1) is 0 Å². The van der Waals surface area contributed by atoms with Crippen LogP contribution < -0.4 is 10.6 Å². The van der Waals surface area contributed by atoms with E-state index in [0.29, 0.717) is 0 Å². The standard InChI is InChI=1S/C13H18N2O5S/c1-8(16)14-9(11-4-3-5-21-11)6-12(17)15-10(7-20-2)13(18)19/h3-5,9-10H,6-7H2,1-2H3,(H,14,16)(H,15,17)(H,18,19). The number of thiophene rings is 1. The fourth-order valence-corrected chi connectivity index (χ4v) is 2.52. The van der Waals surface area contributed by atoms with E-state index in [4.69, 9.17) is 9.84 Å². The van der Waals surface area contributed by atoms with E-state index in [1.54, 1.807) is 0 Å². The third-order valence-corrected chi connectivity index (χ3v) is 3.61. The number of carbonyl (C=O) groups is 3. The molecule has 2 amide bonds. The molecule has 7 nitrogen and oxygen atoms in total. The second-order valence-corrected chi connectivity index (χ2v) is 5.37. The maximum Gasteiger partial charge on any atom is 0.328 e. The van der Waals surface area contributed by atoms with Gasteiger partial charge in [0.25, 0.3) is 0 Å². The van der Waals surface area contributed by atoms with Crippen molar-refractivity contribution >= 4 is 29.1 Å². The molecule has 0 spiro atoms. The highest BCUT2D eigenvalue weighted by molar-refractivity contribution is 7.10. The van der Waals surface area contributed by atoms with Gasteiger partial charge in [0, 0.05) is 18.9 Å². The number of rotatable bonds is 8. The SMILES string of the molecule is COCC(NC(=O)CC(NC(C)=O)c1cccs1)C(=O)O. The van der Waals surface area contributed by atoms with Crippen molar-refractivity contribution in [1.82, 2.24) is 10.6 Å². The summed E-state index contributed by atoms with van der Waals surface area (Å²) in [5.41, 5.74) is 0. The molecule has 1 heterocycles. The predicted octanol–water partition coefficient (Wildman–Crippen LogP) is 0.531. The molecule has 0 radical (unpaired) electrons. The molecular formula is C13H18N2O5S. The zero-order chi connectivity index (χ0) is 15.8. The van der Waals surface area contributed by atoms with Crippen LogP contribution in [0.5, 0.6) is 0 Å². The van der Waals surface area contributed by atoms with Gasteiger partial charge in [0.1, 0.15) is 0 Å². The lowest BCUT2D eigenvalue weighted by atomic mass is 10.1. The number of amides is 2. The summed E-state index contributed by atoms with van der Waals surface area (Å²) in [7, 11) is 1.36. The summed E-state index contributed by atoms with van der Waals surface area (Å²) in [6.45, 7) is 1.24. The fraction of sp³-hybridized carbons (Fsp3) is 0.462. The molecule has 2 atom stereocenters. The first-order valence-corrected chi connectivity index (χ1v) is 7.13. The second-order valence-electron chi connectivity index (χ2n) is 4.39. The first kappa shape index (κ1) is 17.1. The molecule has 2 unspecified atom stereocenters. The third-order valence-electron chi connectivity index (χ3n) is 2.62. The number of carbonyl (C=O) groups excluding carboxylic acids is 2. The van der Waals surface area contributed by atoms with Gasteiger partial charge in [0.15, 0.2) is 6.04 Å². The zero-order valence-corrected chi connectivity index (χ0v) is 12.6. The van der Waals surface area contributed by atoms with E-state index in [1.165, 1.54) is 25.4 Å². The van der Waals surface area contributed by atoms with Gasteiger partial charge in [0.2, 0.25) is 11.8 Å². The van der Waals surface area contributed by atoms with E-state index in [-0.39, 0.29) is 18.9 Å². The number of methoxy groups -OCH3 is 1. The van der Waals surface area contributed by atoms with Crippen molar-refractivity contribution in [2.24, 2.45) is 0 Å². The van der Waals surface area contributed by atoms with Gasteiger partial charge in [-0.15, -0.1) is 11.3 Å². The molecule has 0 fully saturated rings. The Kier molecular flexibility index (Phi) is 6.83. The molecule has 0 aliphatic heterocycles. The minimum Gasteiger partial charge on any atom is -0.480 e. The number of nitrogens with one attached hydrogen (secondary N) is 2. The van der Waals surface area contributed by atoms with Crippen molar-refractivity contribution < 1.29 is 24.2 Å². The summed E-state index contributed by atoms with van der Waals surface area (Å²) >= 11 is 1.41. The Morgan fingerprint density at radius 1 is 1.38 bits per heavy atom. The molecule has 1 rings (SSSR count). The van der Waals surface area contributed by atoms with E-state index in [2.05, 4.69) is 10.6 Å². The van der Waals surface area contributed by atoms with Gasteiger partial charge >= 0.3 is 5.97 Å². The molecule has 3 N–H and O–H groups in total. The van der Waals surface area contributed by atoms with Crippen LogP contribution in [0.4, 0.5) is 0 Å². The normalized spacial score (nSPS) is 13.2. The Morgan fingerprint density at radius 2 is 2.10 bits per heavy atom. The summed E-state index contributed by atoms with van der Waals surface area (Å²) < 4.78 is 4.74. The molecule has 8 heteroatoms. The highest BCUT2D eigenvalue weighted by atomic mass is 32.1. The minimum atomic E-state index is -1.17. The highest BCUT2D eigenvalue weighted by Gasteiger charge is 2.23. The molecule has 0 aliphatic carbocycles. The lowest BCUT2D eigenvalue weighted by Gasteiger charge is -2.18. The van der Waals surface area contributed by atoms with E-state index in [0.717, 1.165) is 4.88 Å². The van der Waals surface area contributed by atoms with E-state index in [1.807, 2.05) is 17.5 Å². The smallest absolute Gasteiger partial charge is 0.328 e. The summed E-state index contributed by atoms with van der Waals surface area (Å²) in [5.74, 6) is -1.89. The first-order valence-electron chi connectivity index (χ1n) is 6.25. The monoisotopic (exact) mass is 314 g/mol. The Labute approximate surface area is 126 Å². The molecule has 0 aromatic carbocycles. The maximum absolute atomic E-state index is 11.9. The average molecular weight is 314 g/mol. The third kappa shape index (κ3) is 5.92. The van der Waals surface area contributed by atoms with Crippen molar-refractivity contribution in [1.29, 1.82) is 0 Å². The highest BCUT2D eigenvalue weighted by Crippen LogP contribution is 2.22. The number of hydrogen-bond acceptors (Lipinski definition) is 5. The number of carboxylic acid groups (broad SMARTS) is 1. The van der Waals surface area contributed by atoms with Gasteiger partial charge in [0.05, 0.1) is 19.1 Å². The van der Waals surface area contributed by atoms with Crippen LogP contribution in [0.25, 0.3) is 0 Å². The van der Waals surface area contributed by atoms with Crippen LogP contribution >= 0.6 is 11.3 Å². The summed E-state index contributed by atoms with van der Waals surface area (Å²) in [6, 6.07) is 2.04. The summed E-state index contributed by atoms with van der Waals surface area (Å²) in [6.07, 6.45) is -0.0341. The van der Waals surface area contributed by atoms with E-state index < -0.39 is 24.0 Å². The van der Waals surface area contributed by atoms with Gasteiger partial charge in [-0.2, -0.15) is 0 Å². The lowest BCUT2D eigenvalue weighted by Crippen LogP contribution is -2.45. The van der Waals surface area contributed by atoms with Crippen LogP contribution in [0.1, 0.15) is 24.3 Å². The van der Waals surface area contributed by atoms with Crippen LogP contribution in [0.15, 0.2) is 17.5 Å². The van der Waals surface area contributed by atoms with Gasteiger partial charge in [-0.05, 0) is 11.4 Å². The maximum atomic E-state index is 11.9. The quantitative estimate of drug-likeness (QED) is 0.649. The molecule has 1 aromatic heterocycles. The molecule has 21 heavy (non-hydrogen) atoms. The molecule has 0 aliphatic rings. The number of hydrogen-bond donors (Lipinski definition) is 3. The lowest BCUT2D eigenvalue weighted by molar-refractivity contribution is -0.143. The Balaban J connectivity index is 2.67. The van der Waals surface area contributed by atoms with Gasteiger partial charge in [-0.25, -0.2) is 4.79 Å². The van der Waals surface area contributed by atoms with Gasteiger partial charge in [-0.3, -0.25) is 9.59 Å². The van der Waals surface area contributed by atoms with Crippen molar-refractivity contribution in [2.45, 2.75) is 25.4 Å². The number of aliphatic carboxylic acids is 1. The van der Waals surface area contributed by atoms with Crippen molar-refractivity contribution in [3.05, 3.63) is 22.4 Å². The van der Waals surface area contributed by atoms with Crippen LogP contribution in [-0.2, 0) is 19.1 Å². The van der Waals surface area contributed by atoms with E-state index in [9.17, 15) is 14.4 Å². The fourth-order valence-electron chi connectivity index (χ4n) is 1.74. The average Bonchev–Trinajstić information content (AvgIpc) is 2.90. The number of ether oxygens (including phenoxy) is 1. The molecule has 0 saturated heterocycles. The summed E-state index contributed by atoms with van der Waals surface area (Å²) in [5, 5.41) is 15.8. The van der Waals surface area contributed by atoms with Crippen LogP contribution in [-0.4, -0.2) is 42.6 Å². The zero-order valence-electron chi connectivity index (χ0n) is 11.8. The Hall–Kier alpha value is -1.93. The topological polar surface area (TPSA) is 105 Å². The molecule has 116 valence electrons. The van der Waals surface area contributed by atoms with Crippen LogP contribution in [0.2, 0.25) is 0 Å². The number of carboxylic acids is 1. The predicted molar refractivity (Wildman–Crippen MR) is 76.9 cm³/mol. The van der Waals surface area contributed by atoms with Crippen LogP contribution in [0.3, 0.4) is 0 Å². The van der Waals surface area contributed by atoms with Crippen molar-refractivity contribution in [2.75, 3.05) is 13.7 Å². The van der Waals surface area contributed by atoms with Gasteiger partial charge in [-0.1, -0.05) is 6.07 Å². The molecular weight excluding hydrogens is 296 g/mol. The minimum absolute atomic E-state index is 0.0341. The molecule has 0 saturated carbocycles. The largest absolute Gasteiger partial charge is 0.480 e. The van der Waals surface area contributed by atoms with Crippen molar-refractivity contribution in [3.63, 3.8) is 0 Å². The molecule has 1 aromatic rings. The Bertz CT molecular complexity index is 489. The first-order chi connectivity index (χ1) is 9.93.